The zero-order valence-electron chi connectivity index (χ0n) is 21.2. The Bertz CT molecular complexity index is 1320. The molecule has 1 amide bonds. The van der Waals surface area contributed by atoms with Crippen molar-refractivity contribution in [3.63, 3.8) is 0 Å². The molecular weight excluding hydrogens is 565 g/mol. The number of nitrogens with one attached hydrogen (secondary N) is 1. The van der Waals surface area contributed by atoms with Crippen LogP contribution in [0, 0.1) is 17.7 Å². The van der Waals surface area contributed by atoms with Crippen LogP contribution >= 0.6 is 0 Å². The molecular formula is C27H25F7N2O5. The van der Waals surface area contributed by atoms with Crippen molar-refractivity contribution in [3.8, 4) is 0 Å². The van der Waals surface area contributed by atoms with Crippen molar-refractivity contribution >= 4 is 23.4 Å². The summed E-state index contributed by atoms with van der Waals surface area (Å²) in [6.45, 7) is -0.497. The smallest absolute Gasteiger partial charge is 0.389 e. The van der Waals surface area contributed by atoms with Crippen molar-refractivity contribution in [2.24, 2.45) is 16.8 Å². The summed E-state index contributed by atoms with van der Waals surface area (Å²) < 4.78 is 91.6. The van der Waals surface area contributed by atoms with E-state index in [0.29, 0.717) is 16.7 Å². The number of Topliss-reactive ketones (excluding diaryl/α,β-unsaturated/α-hetero) is 1. The molecule has 0 fully saturated rings. The molecule has 0 saturated heterocycles. The molecule has 1 aliphatic heterocycles. The van der Waals surface area contributed by atoms with Crippen LogP contribution in [-0.4, -0.2) is 52.1 Å². The van der Waals surface area contributed by atoms with E-state index in [1.165, 1.54) is 30.3 Å². The molecule has 0 saturated carbocycles. The number of hydrogen-bond acceptors (Lipinski definition) is 5. The number of aliphatic imine (C=N–C) groups is 1. The maximum Gasteiger partial charge on any atom is 0.389 e. The van der Waals surface area contributed by atoms with Crippen LogP contribution in [0.5, 0.6) is 0 Å². The lowest BCUT2D eigenvalue weighted by Crippen LogP contribution is -2.46. The lowest BCUT2D eigenvalue weighted by atomic mass is 9.84. The van der Waals surface area contributed by atoms with Gasteiger partial charge in [-0.2, -0.15) is 26.3 Å². The van der Waals surface area contributed by atoms with Gasteiger partial charge in [-0.25, -0.2) is 4.39 Å². The van der Waals surface area contributed by atoms with Gasteiger partial charge in [0.05, 0.1) is 24.2 Å². The van der Waals surface area contributed by atoms with E-state index in [4.69, 9.17) is 0 Å². The Morgan fingerprint density at radius 2 is 1.59 bits per heavy atom. The number of carboxylic acid groups (broad SMARTS) is 1. The fraction of sp³-hybridized carbons (Fsp3) is 0.407. The predicted octanol–water partition coefficient (Wildman–Crippen LogP) is 4.72. The number of alkyl halides is 6. The molecule has 2 aromatic carbocycles. The maximum absolute atomic E-state index is 14.1. The Balaban J connectivity index is 2.04. The number of carboxylic acids is 1. The number of carbonyl (C=O) groups excluding carboxylic acids is 2. The van der Waals surface area contributed by atoms with Crippen molar-refractivity contribution in [1.29, 1.82) is 0 Å². The number of aliphatic hydroxyl groups is 1. The van der Waals surface area contributed by atoms with Crippen molar-refractivity contribution in [1.82, 2.24) is 5.32 Å². The van der Waals surface area contributed by atoms with Gasteiger partial charge in [0.25, 0.3) is 0 Å². The highest BCUT2D eigenvalue weighted by Gasteiger charge is 2.41. The highest BCUT2D eigenvalue weighted by Crippen LogP contribution is 2.33. The van der Waals surface area contributed by atoms with Crippen molar-refractivity contribution in [2.75, 3.05) is 0 Å². The number of aliphatic hydroxyl groups excluding tert-OH is 1. The van der Waals surface area contributed by atoms with Gasteiger partial charge >= 0.3 is 18.3 Å². The van der Waals surface area contributed by atoms with Crippen LogP contribution < -0.4 is 5.32 Å². The Morgan fingerprint density at radius 1 is 0.976 bits per heavy atom. The molecule has 0 aromatic heterocycles. The number of amides is 1. The number of nitrogens with zero attached hydrogens (tertiary/aromatic N) is 1. The molecule has 3 N–H and O–H groups in total. The Morgan fingerprint density at radius 3 is 2.15 bits per heavy atom. The molecule has 14 heteroatoms. The Labute approximate surface area is 229 Å². The molecule has 7 nitrogen and oxygen atoms in total. The van der Waals surface area contributed by atoms with Gasteiger partial charge in [0.15, 0.2) is 11.9 Å². The quantitative estimate of drug-likeness (QED) is 0.347. The first kappa shape index (κ1) is 31.7. The second-order valence-electron chi connectivity index (χ2n) is 9.50. The lowest BCUT2D eigenvalue weighted by Gasteiger charge is -2.25. The number of aliphatic carboxylic acids is 1. The second-order valence-corrected chi connectivity index (χ2v) is 9.50. The monoisotopic (exact) mass is 590 g/mol. The molecule has 3 atom stereocenters. The summed E-state index contributed by atoms with van der Waals surface area (Å²) in [5, 5.41) is 21.4. The third-order valence-corrected chi connectivity index (χ3v) is 6.61. The van der Waals surface area contributed by atoms with Crippen molar-refractivity contribution in [2.45, 2.75) is 57.2 Å². The molecule has 0 radical (unpaired) electrons. The van der Waals surface area contributed by atoms with Crippen molar-refractivity contribution < 1.29 is 55.3 Å². The van der Waals surface area contributed by atoms with E-state index in [1.54, 1.807) is 0 Å². The van der Waals surface area contributed by atoms with E-state index in [1.807, 2.05) is 0 Å². The molecule has 2 aromatic rings. The molecule has 222 valence electrons. The van der Waals surface area contributed by atoms with E-state index < -0.39 is 92.5 Å². The van der Waals surface area contributed by atoms with E-state index in [0.717, 1.165) is 12.1 Å². The van der Waals surface area contributed by atoms with Gasteiger partial charge in [-0.05, 0) is 36.1 Å². The van der Waals surface area contributed by atoms with Gasteiger partial charge in [0, 0.05) is 30.4 Å². The first-order valence-corrected chi connectivity index (χ1v) is 12.3. The summed E-state index contributed by atoms with van der Waals surface area (Å²) in [5.41, 5.74) is 1.05. The van der Waals surface area contributed by atoms with Gasteiger partial charge in [0.1, 0.15) is 5.82 Å². The average molecular weight is 590 g/mol. The summed E-state index contributed by atoms with van der Waals surface area (Å²) in [7, 11) is 0. The van der Waals surface area contributed by atoms with Crippen LogP contribution in [0.2, 0.25) is 0 Å². The number of ketones is 1. The van der Waals surface area contributed by atoms with Crippen LogP contribution in [0.3, 0.4) is 0 Å². The minimum atomic E-state index is -4.85. The van der Waals surface area contributed by atoms with Crippen molar-refractivity contribution in [3.05, 3.63) is 70.5 Å². The molecule has 0 aliphatic carbocycles. The molecule has 41 heavy (non-hydrogen) atoms. The lowest BCUT2D eigenvalue weighted by molar-refractivity contribution is -0.159. The summed E-state index contributed by atoms with van der Waals surface area (Å²) in [4.78, 5) is 42.5. The fourth-order valence-corrected chi connectivity index (χ4v) is 4.63. The number of carbonyl (C=O) groups is 3. The van der Waals surface area contributed by atoms with Gasteiger partial charge < -0.3 is 15.5 Å². The first-order valence-electron chi connectivity index (χ1n) is 12.3. The van der Waals surface area contributed by atoms with E-state index >= 15 is 0 Å². The molecule has 0 bridgehead atoms. The SMILES string of the molecule is O=C1Cc2c(CO)cccc2C(c2cccc(F)c2)=NC1NC(=O)[C@H](CCC(F)(F)F)[C@H](CCC(F)(F)F)C(=O)O. The van der Waals surface area contributed by atoms with E-state index in [9.17, 15) is 55.3 Å². The Hall–Kier alpha value is -3.81. The zero-order valence-corrected chi connectivity index (χ0v) is 21.2. The molecule has 1 aliphatic rings. The number of benzene rings is 2. The number of rotatable bonds is 10. The van der Waals surface area contributed by atoms with Crippen LogP contribution in [-0.2, 0) is 27.4 Å². The maximum atomic E-state index is 14.1. The van der Waals surface area contributed by atoms with Crippen LogP contribution in [0.15, 0.2) is 47.5 Å². The highest BCUT2D eigenvalue weighted by atomic mass is 19.4. The summed E-state index contributed by atoms with van der Waals surface area (Å²) in [6, 6.07) is 9.57. The minimum Gasteiger partial charge on any atom is -0.481 e. The summed E-state index contributed by atoms with van der Waals surface area (Å²) in [5.74, 6) is -9.03. The van der Waals surface area contributed by atoms with E-state index in [2.05, 4.69) is 10.3 Å². The molecule has 3 rings (SSSR count). The second kappa shape index (κ2) is 12.8. The third-order valence-electron chi connectivity index (χ3n) is 6.61. The normalized spacial score (nSPS) is 17.2. The topological polar surface area (TPSA) is 116 Å². The highest BCUT2D eigenvalue weighted by molar-refractivity contribution is 6.16. The van der Waals surface area contributed by atoms with Crippen LogP contribution in [0.1, 0.15) is 47.9 Å². The average Bonchev–Trinajstić information content (AvgIpc) is 3.00. The number of halogens is 7. The standard InChI is InChI=1S/C27H25F7N2O5/c28-16-5-1-3-14(11-16)22-17-6-2-4-15(13-37)20(17)12-21(38)23(35-22)36-24(39)18(7-9-26(29,30)31)19(25(40)41)8-10-27(32,33)34/h1-6,11,18-19,23,37H,7-10,12-13H2,(H,36,39)(H,40,41)/t18-,19+,23?/m1/s1. The Kier molecular flexibility index (Phi) is 9.89. The zero-order chi connectivity index (χ0) is 30.5. The molecule has 1 unspecified atom stereocenters. The van der Waals surface area contributed by atoms with Gasteiger partial charge in [-0.3, -0.25) is 19.4 Å². The van der Waals surface area contributed by atoms with Gasteiger partial charge in [-0.1, -0.05) is 30.3 Å². The number of hydrogen-bond donors (Lipinski definition) is 3. The van der Waals surface area contributed by atoms with Gasteiger partial charge in [0.2, 0.25) is 5.91 Å². The number of fused-ring (bicyclic) bond motifs is 1. The minimum absolute atomic E-state index is 0.00959. The molecule has 0 spiro atoms. The summed E-state index contributed by atoms with van der Waals surface area (Å²) in [6.07, 6.45) is -17.6. The van der Waals surface area contributed by atoms with Crippen LogP contribution in [0.4, 0.5) is 30.7 Å². The third kappa shape index (κ3) is 8.59. The van der Waals surface area contributed by atoms with Crippen LogP contribution in [0.25, 0.3) is 0 Å². The first-order chi connectivity index (χ1) is 19.1. The molecule has 1 heterocycles. The van der Waals surface area contributed by atoms with Gasteiger partial charge in [-0.15, -0.1) is 0 Å². The largest absolute Gasteiger partial charge is 0.481 e. The predicted molar refractivity (Wildman–Crippen MR) is 130 cm³/mol. The summed E-state index contributed by atoms with van der Waals surface area (Å²) >= 11 is 0. The fourth-order valence-electron chi connectivity index (χ4n) is 4.63. The van der Waals surface area contributed by atoms with E-state index in [-0.39, 0.29) is 11.3 Å².